The molecule has 0 bridgehead atoms. The van der Waals surface area contributed by atoms with Crippen LogP contribution >= 0.6 is 0 Å². The lowest BCUT2D eigenvalue weighted by Gasteiger charge is -2.30. The fourth-order valence-electron chi connectivity index (χ4n) is 2.38. The van der Waals surface area contributed by atoms with Crippen LogP contribution in [0.3, 0.4) is 0 Å². The average Bonchev–Trinajstić information content (AvgIpc) is 2.87. The van der Waals surface area contributed by atoms with Crippen molar-refractivity contribution in [2.24, 2.45) is 15.7 Å². The van der Waals surface area contributed by atoms with Crippen LogP contribution in [0.1, 0.15) is 5.56 Å². The van der Waals surface area contributed by atoms with Gasteiger partial charge in [-0.2, -0.15) is 0 Å². The minimum Gasteiger partial charge on any atom is -0.399 e. The highest BCUT2D eigenvalue weighted by Gasteiger charge is 2.45. The first kappa shape index (κ1) is 11.4. The predicted octanol–water partition coefficient (Wildman–Crippen LogP) is 0.928. The lowest BCUT2D eigenvalue weighted by molar-refractivity contribution is -0.120. The van der Waals surface area contributed by atoms with E-state index in [2.05, 4.69) is 9.98 Å². The summed E-state index contributed by atoms with van der Waals surface area (Å²) in [5.41, 5.74) is 12.8. The predicted molar refractivity (Wildman–Crippen MR) is 74.9 cm³/mol. The topological polar surface area (TPSA) is 93.8 Å². The van der Waals surface area contributed by atoms with Crippen LogP contribution in [0, 0.1) is 0 Å². The molecule has 0 radical (unpaired) electrons. The van der Waals surface area contributed by atoms with Gasteiger partial charge in [0.05, 0.1) is 11.4 Å². The molecule has 1 atom stereocenters. The number of rotatable bonds is 2. The van der Waals surface area contributed by atoms with Gasteiger partial charge in [0.1, 0.15) is 11.8 Å². The molecule has 5 heteroatoms. The molecule has 0 saturated carbocycles. The SMILES string of the molecule is NC(=O)C1(c2ccc(N)cc2)C=CC=C2N=CN=C21. The molecule has 0 spiro atoms. The Hall–Kier alpha value is -2.69. The van der Waals surface area contributed by atoms with E-state index >= 15 is 0 Å². The third-order valence-electron chi connectivity index (χ3n) is 3.35. The number of nitrogens with two attached hydrogens (primary N) is 2. The Morgan fingerprint density at radius 2 is 1.95 bits per heavy atom. The zero-order valence-corrected chi connectivity index (χ0v) is 10.1. The molecule has 94 valence electrons. The monoisotopic (exact) mass is 252 g/mol. The van der Waals surface area contributed by atoms with E-state index in [9.17, 15) is 4.79 Å². The number of hydrogen-bond acceptors (Lipinski definition) is 4. The smallest absolute Gasteiger partial charge is 0.238 e. The molecule has 1 heterocycles. The Bertz CT molecular complexity index is 667. The molecule has 0 aromatic heterocycles. The van der Waals surface area contributed by atoms with Crippen molar-refractivity contribution < 1.29 is 4.79 Å². The molecule has 1 aliphatic heterocycles. The summed E-state index contributed by atoms with van der Waals surface area (Å²) >= 11 is 0. The van der Waals surface area contributed by atoms with Crippen molar-refractivity contribution in [3.05, 3.63) is 53.8 Å². The van der Waals surface area contributed by atoms with E-state index in [-0.39, 0.29) is 0 Å². The van der Waals surface area contributed by atoms with Crippen LogP contribution < -0.4 is 11.5 Å². The van der Waals surface area contributed by atoms with E-state index in [1.54, 1.807) is 42.5 Å². The van der Waals surface area contributed by atoms with E-state index in [4.69, 9.17) is 11.5 Å². The van der Waals surface area contributed by atoms with Crippen molar-refractivity contribution in [1.82, 2.24) is 0 Å². The molecule has 1 aromatic carbocycles. The lowest BCUT2D eigenvalue weighted by atomic mass is 9.72. The number of benzene rings is 1. The van der Waals surface area contributed by atoms with Gasteiger partial charge in [-0.3, -0.25) is 4.79 Å². The highest BCUT2D eigenvalue weighted by Crippen LogP contribution is 2.35. The molecule has 1 aromatic rings. The fourth-order valence-corrected chi connectivity index (χ4v) is 2.38. The van der Waals surface area contributed by atoms with E-state index in [0.29, 0.717) is 17.1 Å². The number of allylic oxidation sites excluding steroid dienone is 3. The van der Waals surface area contributed by atoms with Crippen LogP contribution in [0.5, 0.6) is 0 Å². The van der Waals surface area contributed by atoms with Gasteiger partial charge in [0.15, 0.2) is 0 Å². The molecule has 5 nitrogen and oxygen atoms in total. The molecular weight excluding hydrogens is 240 g/mol. The van der Waals surface area contributed by atoms with Crippen molar-refractivity contribution in [3.8, 4) is 0 Å². The van der Waals surface area contributed by atoms with Gasteiger partial charge < -0.3 is 11.5 Å². The van der Waals surface area contributed by atoms with Crippen LogP contribution in [0.2, 0.25) is 0 Å². The highest BCUT2D eigenvalue weighted by atomic mass is 16.1. The van der Waals surface area contributed by atoms with Gasteiger partial charge in [-0.15, -0.1) is 0 Å². The lowest BCUT2D eigenvalue weighted by Crippen LogP contribution is -2.47. The van der Waals surface area contributed by atoms with Crippen molar-refractivity contribution in [2.75, 3.05) is 5.73 Å². The first-order valence-corrected chi connectivity index (χ1v) is 5.81. The number of hydrogen-bond donors (Lipinski definition) is 2. The number of fused-ring (bicyclic) bond motifs is 1. The van der Waals surface area contributed by atoms with Crippen LogP contribution in [-0.4, -0.2) is 18.0 Å². The third-order valence-corrected chi connectivity index (χ3v) is 3.35. The van der Waals surface area contributed by atoms with Crippen molar-refractivity contribution >= 4 is 23.6 Å². The highest BCUT2D eigenvalue weighted by molar-refractivity contribution is 6.26. The second-order valence-electron chi connectivity index (χ2n) is 4.43. The maximum atomic E-state index is 12.1. The molecule has 3 rings (SSSR count). The van der Waals surface area contributed by atoms with Gasteiger partial charge >= 0.3 is 0 Å². The van der Waals surface area contributed by atoms with Crippen molar-refractivity contribution in [2.45, 2.75) is 5.41 Å². The second-order valence-corrected chi connectivity index (χ2v) is 4.43. The van der Waals surface area contributed by atoms with Gasteiger partial charge in [0, 0.05) is 5.69 Å². The molecule has 1 unspecified atom stereocenters. The van der Waals surface area contributed by atoms with Crippen LogP contribution in [0.25, 0.3) is 0 Å². The van der Waals surface area contributed by atoms with Crippen molar-refractivity contribution in [1.29, 1.82) is 0 Å². The van der Waals surface area contributed by atoms with Gasteiger partial charge in [-0.1, -0.05) is 24.3 Å². The minimum absolute atomic E-state index is 0.483. The zero-order valence-electron chi connectivity index (χ0n) is 10.1. The minimum atomic E-state index is -1.08. The number of carbonyl (C=O) groups excluding carboxylic acids is 1. The number of primary amides is 1. The first-order chi connectivity index (χ1) is 9.14. The van der Waals surface area contributed by atoms with Crippen LogP contribution in [-0.2, 0) is 10.2 Å². The molecular formula is C14H12N4O. The first-order valence-electron chi connectivity index (χ1n) is 5.81. The number of aliphatic imine (C=N–C) groups is 2. The maximum absolute atomic E-state index is 12.1. The summed E-state index contributed by atoms with van der Waals surface area (Å²) in [6.07, 6.45) is 6.76. The number of amides is 1. The normalized spacial score (nSPS) is 23.8. The summed E-state index contributed by atoms with van der Waals surface area (Å²) in [4.78, 5) is 20.4. The van der Waals surface area contributed by atoms with Gasteiger partial charge in [0.2, 0.25) is 5.91 Å². The summed E-state index contributed by atoms with van der Waals surface area (Å²) in [5, 5.41) is 0. The standard InChI is InChI=1S/C14H12N4O/c15-10-5-3-9(4-6-10)14(13(16)19)7-1-2-11-12(14)18-8-17-11/h1-8H,15H2,(H2,16,19). The molecule has 1 amide bonds. The summed E-state index contributed by atoms with van der Waals surface area (Å²) in [5.74, 6) is -0.483. The number of carbonyl (C=O) groups is 1. The van der Waals surface area contributed by atoms with Crippen molar-refractivity contribution in [3.63, 3.8) is 0 Å². The summed E-state index contributed by atoms with van der Waals surface area (Å²) in [7, 11) is 0. The quantitative estimate of drug-likeness (QED) is 0.766. The number of nitrogens with zero attached hydrogens (tertiary/aromatic N) is 2. The van der Waals surface area contributed by atoms with Crippen LogP contribution in [0.15, 0.2) is 58.2 Å². The maximum Gasteiger partial charge on any atom is 0.238 e. The summed E-state index contributed by atoms with van der Waals surface area (Å²) in [6, 6.07) is 7.05. The van der Waals surface area contributed by atoms with Gasteiger partial charge in [-0.05, 0) is 23.8 Å². The van der Waals surface area contributed by atoms with Crippen LogP contribution in [0.4, 0.5) is 5.69 Å². The Balaban J connectivity index is 2.22. The number of anilines is 1. The molecule has 0 saturated heterocycles. The Labute approximate surface area is 110 Å². The average molecular weight is 252 g/mol. The largest absolute Gasteiger partial charge is 0.399 e. The molecule has 1 aliphatic carbocycles. The zero-order chi connectivity index (χ0) is 13.5. The fraction of sp³-hybridized carbons (Fsp3) is 0.0714. The van der Waals surface area contributed by atoms with E-state index in [1.165, 1.54) is 6.34 Å². The third kappa shape index (κ3) is 1.52. The molecule has 4 N–H and O–H groups in total. The van der Waals surface area contributed by atoms with E-state index < -0.39 is 11.3 Å². The van der Waals surface area contributed by atoms with E-state index in [1.807, 2.05) is 0 Å². The van der Waals surface area contributed by atoms with E-state index in [0.717, 1.165) is 5.56 Å². The molecule has 2 aliphatic rings. The Morgan fingerprint density at radius 1 is 1.21 bits per heavy atom. The molecule has 19 heavy (non-hydrogen) atoms. The summed E-state index contributed by atoms with van der Waals surface area (Å²) < 4.78 is 0. The van der Waals surface area contributed by atoms with Gasteiger partial charge in [-0.25, -0.2) is 9.98 Å². The number of nitrogen functional groups attached to an aromatic ring is 1. The Kier molecular flexibility index (Phi) is 2.35. The summed E-state index contributed by atoms with van der Waals surface area (Å²) in [6.45, 7) is 0. The molecule has 0 fully saturated rings. The second kappa shape index (κ2) is 3.91. The van der Waals surface area contributed by atoms with Gasteiger partial charge in [0.25, 0.3) is 0 Å². The Morgan fingerprint density at radius 3 is 2.63 bits per heavy atom.